The van der Waals surface area contributed by atoms with Crippen molar-refractivity contribution in [2.45, 2.75) is 11.8 Å². The van der Waals surface area contributed by atoms with Gasteiger partial charge >= 0.3 is 0 Å². The van der Waals surface area contributed by atoms with Crippen molar-refractivity contribution in [3.05, 3.63) is 42.2 Å². The molecule has 0 heterocycles. The summed E-state index contributed by atoms with van der Waals surface area (Å²) in [6.45, 7) is 7.07. The van der Waals surface area contributed by atoms with Gasteiger partial charge in [0.2, 0.25) is 5.91 Å². The second kappa shape index (κ2) is 8.72. The lowest BCUT2D eigenvalue weighted by molar-refractivity contribution is -0.118. The minimum atomic E-state index is -0.275. The topological polar surface area (TPSA) is 38.3 Å². The predicted molar refractivity (Wildman–Crippen MR) is 75.8 cm³/mol. The van der Waals surface area contributed by atoms with Crippen LogP contribution in [0.2, 0.25) is 0 Å². The summed E-state index contributed by atoms with van der Waals surface area (Å²) < 4.78 is 17.9. The van der Waals surface area contributed by atoms with E-state index in [4.69, 9.17) is 4.74 Å². The highest BCUT2D eigenvalue weighted by molar-refractivity contribution is 8.00. The Morgan fingerprint density at radius 2 is 2.11 bits per heavy atom. The molecule has 0 spiro atoms. The minimum absolute atomic E-state index is 0.0618. The number of hydrogen-bond acceptors (Lipinski definition) is 3. The largest absolute Gasteiger partial charge is 0.375 e. The first kappa shape index (κ1) is 15.7. The summed E-state index contributed by atoms with van der Waals surface area (Å²) in [6, 6.07) is 6.07. The predicted octanol–water partition coefficient (Wildman–Crippen LogP) is 2.63. The van der Waals surface area contributed by atoms with E-state index in [1.165, 1.54) is 23.9 Å². The Morgan fingerprint density at radius 3 is 2.74 bits per heavy atom. The summed E-state index contributed by atoms with van der Waals surface area (Å²) in [5.41, 5.74) is 0.957. The van der Waals surface area contributed by atoms with E-state index < -0.39 is 0 Å². The molecule has 1 amide bonds. The second-order valence-electron chi connectivity index (χ2n) is 4.10. The van der Waals surface area contributed by atoms with Gasteiger partial charge in [0.25, 0.3) is 0 Å². The van der Waals surface area contributed by atoms with Crippen LogP contribution in [-0.2, 0) is 9.53 Å². The molecular weight excluding hydrogens is 265 g/mol. The molecule has 104 valence electrons. The molecule has 5 heteroatoms. The summed E-state index contributed by atoms with van der Waals surface area (Å²) in [4.78, 5) is 12.4. The van der Waals surface area contributed by atoms with E-state index in [1.807, 2.05) is 6.92 Å². The molecule has 19 heavy (non-hydrogen) atoms. The van der Waals surface area contributed by atoms with Crippen LogP contribution in [0.25, 0.3) is 0 Å². The fraction of sp³-hybridized carbons (Fsp3) is 0.357. The Labute approximate surface area is 117 Å². The quantitative estimate of drug-likeness (QED) is 0.453. The highest BCUT2D eigenvalue weighted by Crippen LogP contribution is 2.17. The summed E-state index contributed by atoms with van der Waals surface area (Å²) in [6.07, 6.45) is 0. The van der Waals surface area contributed by atoms with Crippen LogP contribution in [0.4, 0.5) is 4.39 Å². The number of carbonyl (C=O) groups is 1. The number of rotatable bonds is 8. The van der Waals surface area contributed by atoms with Crippen molar-refractivity contribution in [3.8, 4) is 0 Å². The molecule has 0 fully saturated rings. The van der Waals surface area contributed by atoms with Crippen molar-refractivity contribution in [2.24, 2.45) is 0 Å². The van der Waals surface area contributed by atoms with Crippen LogP contribution in [0.3, 0.4) is 0 Å². The van der Waals surface area contributed by atoms with Crippen molar-refractivity contribution < 1.29 is 13.9 Å². The van der Waals surface area contributed by atoms with E-state index in [0.29, 0.717) is 25.5 Å². The molecule has 1 rings (SSSR count). The van der Waals surface area contributed by atoms with Crippen LogP contribution in [0, 0.1) is 5.82 Å². The van der Waals surface area contributed by atoms with E-state index in [-0.39, 0.29) is 11.7 Å². The minimum Gasteiger partial charge on any atom is -0.375 e. The fourth-order valence-electron chi connectivity index (χ4n) is 1.24. The molecule has 0 aromatic heterocycles. The van der Waals surface area contributed by atoms with Crippen LogP contribution in [0.5, 0.6) is 0 Å². The van der Waals surface area contributed by atoms with Gasteiger partial charge in [-0.2, -0.15) is 0 Å². The maximum atomic E-state index is 12.7. The van der Waals surface area contributed by atoms with Crippen molar-refractivity contribution in [3.63, 3.8) is 0 Å². The average Bonchev–Trinajstić information content (AvgIpc) is 2.37. The molecule has 1 aromatic rings. The molecule has 3 nitrogen and oxygen atoms in total. The first-order valence-corrected chi connectivity index (χ1v) is 6.93. The molecule has 0 bridgehead atoms. The van der Waals surface area contributed by atoms with Gasteiger partial charge in [-0.3, -0.25) is 4.79 Å². The highest BCUT2D eigenvalue weighted by Gasteiger charge is 2.02. The number of thioether (sulfide) groups is 1. The molecule has 0 saturated heterocycles. The number of halogens is 1. The third-order valence-corrected chi connectivity index (χ3v) is 3.11. The summed E-state index contributed by atoms with van der Waals surface area (Å²) in [5, 5.41) is 2.75. The third-order valence-electron chi connectivity index (χ3n) is 2.10. The highest BCUT2D eigenvalue weighted by atomic mass is 32.2. The number of hydrogen-bond donors (Lipinski definition) is 1. The summed E-state index contributed by atoms with van der Waals surface area (Å²) >= 11 is 1.37. The van der Waals surface area contributed by atoms with Crippen molar-refractivity contribution in [1.29, 1.82) is 0 Å². The lowest BCUT2D eigenvalue weighted by Crippen LogP contribution is -2.28. The van der Waals surface area contributed by atoms with Crippen molar-refractivity contribution in [1.82, 2.24) is 5.32 Å². The lowest BCUT2D eigenvalue weighted by atomic mass is 10.4. The van der Waals surface area contributed by atoms with Crippen LogP contribution in [-0.4, -0.2) is 31.4 Å². The van der Waals surface area contributed by atoms with Gasteiger partial charge in [-0.25, -0.2) is 4.39 Å². The molecule has 0 unspecified atom stereocenters. The molecule has 1 aromatic carbocycles. The number of ether oxygens (including phenoxy) is 1. The Morgan fingerprint density at radius 1 is 1.42 bits per heavy atom. The lowest BCUT2D eigenvalue weighted by Gasteiger charge is -2.06. The number of amides is 1. The molecule has 0 aliphatic rings. The normalized spacial score (nSPS) is 10.2. The molecule has 0 atom stereocenters. The van der Waals surface area contributed by atoms with E-state index in [2.05, 4.69) is 11.9 Å². The van der Waals surface area contributed by atoms with E-state index >= 15 is 0 Å². The maximum absolute atomic E-state index is 12.7. The fourth-order valence-corrected chi connectivity index (χ4v) is 1.97. The zero-order valence-electron chi connectivity index (χ0n) is 10.9. The molecular formula is C14H18FNO2S. The number of benzene rings is 1. The van der Waals surface area contributed by atoms with E-state index in [9.17, 15) is 9.18 Å². The monoisotopic (exact) mass is 283 g/mol. The molecule has 0 aliphatic carbocycles. The number of nitrogens with one attached hydrogen (secondary N) is 1. The SMILES string of the molecule is C=C(C)COCCNC(=O)CSc1ccc(F)cc1. The van der Waals surface area contributed by atoms with Gasteiger partial charge < -0.3 is 10.1 Å². The zero-order chi connectivity index (χ0) is 14.1. The summed E-state index contributed by atoms with van der Waals surface area (Å²) in [7, 11) is 0. The Balaban J connectivity index is 2.11. The van der Waals surface area contributed by atoms with Crippen molar-refractivity contribution in [2.75, 3.05) is 25.5 Å². The van der Waals surface area contributed by atoms with Gasteiger partial charge in [0.1, 0.15) is 5.82 Å². The molecule has 0 radical (unpaired) electrons. The van der Waals surface area contributed by atoms with Crippen molar-refractivity contribution >= 4 is 17.7 Å². The zero-order valence-corrected chi connectivity index (χ0v) is 11.8. The van der Waals surface area contributed by atoms with Gasteiger partial charge in [0.05, 0.1) is 19.0 Å². The first-order valence-electron chi connectivity index (χ1n) is 5.95. The van der Waals surface area contributed by atoms with Gasteiger partial charge in [-0.15, -0.1) is 11.8 Å². The molecule has 0 aliphatic heterocycles. The first-order chi connectivity index (χ1) is 9.08. The molecule has 0 saturated carbocycles. The third kappa shape index (κ3) is 7.64. The van der Waals surface area contributed by atoms with Crippen LogP contribution in [0.15, 0.2) is 41.3 Å². The van der Waals surface area contributed by atoms with Crippen LogP contribution >= 0.6 is 11.8 Å². The van der Waals surface area contributed by atoms with Crippen LogP contribution in [0.1, 0.15) is 6.92 Å². The van der Waals surface area contributed by atoms with Gasteiger partial charge in [-0.1, -0.05) is 12.2 Å². The Bertz CT molecular complexity index is 420. The molecule has 1 N–H and O–H groups in total. The standard InChI is InChI=1S/C14H18FNO2S/c1-11(2)9-18-8-7-16-14(17)10-19-13-5-3-12(15)4-6-13/h3-6H,1,7-10H2,2H3,(H,16,17). The summed E-state index contributed by atoms with van der Waals surface area (Å²) in [5.74, 6) is -0.0248. The van der Waals surface area contributed by atoms with Gasteiger partial charge in [-0.05, 0) is 31.2 Å². The average molecular weight is 283 g/mol. The number of carbonyl (C=O) groups excluding carboxylic acids is 1. The smallest absolute Gasteiger partial charge is 0.230 e. The Kier molecular flexibility index (Phi) is 7.22. The van der Waals surface area contributed by atoms with Crippen LogP contribution < -0.4 is 5.32 Å². The van der Waals surface area contributed by atoms with E-state index in [0.717, 1.165) is 10.5 Å². The second-order valence-corrected chi connectivity index (χ2v) is 5.15. The maximum Gasteiger partial charge on any atom is 0.230 e. The van der Waals surface area contributed by atoms with E-state index in [1.54, 1.807) is 12.1 Å². The van der Waals surface area contributed by atoms with Gasteiger partial charge in [0, 0.05) is 11.4 Å². The Hall–Kier alpha value is -1.33. The van der Waals surface area contributed by atoms with Gasteiger partial charge in [0.15, 0.2) is 0 Å².